The van der Waals surface area contributed by atoms with E-state index in [9.17, 15) is 4.79 Å². The van der Waals surface area contributed by atoms with Gasteiger partial charge in [0.2, 0.25) is 0 Å². The Morgan fingerprint density at radius 2 is 1.83 bits per heavy atom. The number of carbonyl (C=O) groups is 1. The maximum atomic E-state index is 12.0. The Morgan fingerprint density at radius 3 is 2.33 bits per heavy atom. The number of carbonyl (C=O) groups excluding carboxylic acids is 1. The van der Waals surface area contributed by atoms with Crippen molar-refractivity contribution >= 4 is 5.78 Å². The lowest BCUT2D eigenvalue weighted by Crippen LogP contribution is -2.18. The van der Waals surface area contributed by atoms with Crippen molar-refractivity contribution in [3.63, 3.8) is 0 Å². The molecule has 0 aromatic heterocycles. The lowest BCUT2D eigenvalue weighted by atomic mass is 9.83. The average molecular weight is 249 g/mol. The molecular formula is C15H23NO2. The third kappa shape index (κ3) is 4.49. The van der Waals surface area contributed by atoms with Crippen LogP contribution in [0.4, 0.5) is 0 Å². The van der Waals surface area contributed by atoms with Crippen LogP contribution in [0.2, 0.25) is 0 Å². The summed E-state index contributed by atoms with van der Waals surface area (Å²) in [5.41, 5.74) is 6.45. The molecule has 0 heterocycles. The van der Waals surface area contributed by atoms with Crippen LogP contribution in [0, 0.1) is 5.41 Å². The van der Waals surface area contributed by atoms with Crippen LogP contribution >= 0.6 is 0 Å². The molecule has 3 heteroatoms. The number of ether oxygens (including phenoxy) is 1. The van der Waals surface area contributed by atoms with Crippen molar-refractivity contribution < 1.29 is 9.53 Å². The van der Waals surface area contributed by atoms with Crippen LogP contribution in [0.5, 0.6) is 5.75 Å². The molecule has 0 saturated heterocycles. The number of ketones is 1. The van der Waals surface area contributed by atoms with Gasteiger partial charge in [0.25, 0.3) is 0 Å². The van der Waals surface area contributed by atoms with Crippen LogP contribution in [0.15, 0.2) is 24.3 Å². The van der Waals surface area contributed by atoms with Crippen LogP contribution < -0.4 is 10.5 Å². The molecule has 0 aliphatic rings. The minimum absolute atomic E-state index is 0.136. The SMILES string of the molecule is COc1ccc(C(=O)CCC(C)(C)CCN)cc1. The number of nitrogens with two attached hydrogens (primary N) is 1. The molecule has 0 atom stereocenters. The Bertz CT molecular complexity index is 382. The second kappa shape index (κ2) is 6.55. The van der Waals surface area contributed by atoms with Gasteiger partial charge in [-0.05, 0) is 49.1 Å². The number of rotatable bonds is 7. The van der Waals surface area contributed by atoms with Gasteiger partial charge in [0.15, 0.2) is 5.78 Å². The van der Waals surface area contributed by atoms with Crippen molar-refractivity contribution in [3.05, 3.63) is 29.8 Å². The number of hydrogen-bond donors (Lipinski definition) is 1. The Balaban J connectivity index is 2.54. The smallest absolute Gasteiger partial charge is 0.162 e. The molecule has 1 aromatic carbocycles. The van der Waals surface area contributed by atoms with E-state index in [1.165, 1.54) is 0 Å². The minimum Gasteiger partial charge on any atom is -0.497 e. The molecule has 18 heavy (non-hydrogen) atoms. The van der Waals surface area contributed by atoms with Crippen molar-refractivity contribution in [1.29, 1.82) is 0 Å². The van der Waals surface area contributed by atoms with Gasteiger partial charge in [-0.3, -0.25) is 4.79 Å². The summed E-state index contributed by atoms with van der Waals surface area (Å²) in [6, 6.07) is 7.27. The normalized spacial score (nSPS) is 11.3. The van der Waals surface area contributed by atoms with Gasteiger partial charge in [0.05, 0.1) is 7.11 Å². The fourth-order valence-electron chi connectivity index (χ4n) is 1.89. The second-order valence-corrected chi connectivity index (χ2v) is 5.35. The summed E-state index contributed by atoms with van der Waals surface area (Å²) in [5.74, 6) is 0.956. The fourth-order valence-corrected chi connectivity index (χ4v) is 1.89. The summed E-state index contributed by atoms with van der Waals surface area (Å²) >= 11 is 0. The summed E-state index contributed by atoms with van der Waals surface area (Å²) < 4.78 is 5.07. The van der Waals surface area contributed by atoms with Crippen molar-refractivity contribution in [2.24, 2.45) is 11.1 Å². The molecule has 100 valence electrons. The Morgan fingerprint density at radius 1 is 1.22 bits per heavy atom. The molecule has 0 fully saturated rings. The summed E-state index contributed by atoms with van der Waals surface area (Å²) in [7, 11) is 1.62. The predicted molar refractivity (Wildman–Crippen MR) is 74.0 cm³/mol. The lowest BCUT2D eigenvalue weighted by molar-refractivity contribution is 0.0961. The predicted octanol–water partition coefficient (Wildman–Crippen LogP) is 3.03. The third-order valence-corrected chi connectivity index (χ3v) is 3.26. The maximum absolute atomic E-state index is 12.0. The highest BCUT2D eigenvalue weighted by Gasteiger charge is 2.18. The molecule has 1 rings (SSSR count). The monoisotopic (exact) mass is 249 g/mol. The summed E-state index contributed by atoms with van der Waals surface area (Å²) in [5, 5.41) is 0. The zero-order chi connectivity index (χ0) is 13.6. The quantitative estimate of drug-likeness (QED) is 0.756. The van der Waals surface area contributed by atoms with Gasteiger partial charge in [-0.2, -0.15) is 0 Å². The van der Waals surface area contributed by atoms with E-state index in [1.54, 1.807) is 7.11 Å². The van der Waals surface area contributed by atoms with Crippen LogP contribution in [-0.2, 0) is 0 Å². The maximum Gasteiger partial charge on any atom is 0.162 e. The van der Waals surface area contributed by atoms with Gasteiger partial charge in [-0.1, -0.05) is 13.8 Å². The molecule has 3 nitrogen and oxygen atoms in total. The van der Waals surface area contributed by atoms with E-state index in [-0.39, 0.29) is 11.2 Å². The van der Waals surface area contributed by atoms with Gasteiger partial charge in [-0.25, -0.2) is 0 Å². The fraction of sp³-hybridized carbons (Fsp3) is 0.533. The molecule has 1 aromatic rings. The molecule has 0 saturated carbocycles. The molecule has 0 aliphatic carbocycles. The molecule has 0 unspecified atom stereocenters. The molecule has 0 radical (unpaired) electrons. The van der Waals surface area contributed by atoms with Gasteiger partial charge < -0.3 is 10.5 Å². The molecule has 0 spiro atoms. The first-order valence-corrected chi connectivity index (χ1v) is 6.36. The van der Waals surface area contributed by atoms with Gasteiger partial charge in [0, 0.05) is 12.0 Å². The standard InChI is InChI=1S/C15H23NO2/c1-15(2,10-11-16)9-8-14(17)12-4-6-13(18-3)7-5-12/h4-7H,8-11,16H2,1-3H3. The molecule has 2 N–H and O–H groups in total. The van der Waals surface area contributed by atoms with Crippen molar-refractivity contribution in [2.75, 3.05) is 13.7 Å². The summed E-state index contributed by atoms with van der Waals surface area (Å²) in [6.07, 6.45) is 2.39. The zero-order valence-corrected chi connectivity index (χ0v) is 11.5. The van der Waals surface area contributed by atoms with E-state index in [1.807, 2.05) is 24.3 Å². The van der Waals surface area contributed by atoms with Crippen molar-refractivity contribution in [3.8, 4) is 5.75 Å². The summed E-state index contributed by atoms with van der Waals surface area (Å²) in [6.45, 7) is 4.98. The van der Waals surface area contributed by atoms with Crippen LogP contribution in [0.3, 0.4) is 0 Å². The molecule has 0 bridgehead atoms. The third-order valence-electron chi connectivity index (χ3n) is 3.26. The average Bonchev–Trinajstić information content (AvgIpc) is 2.36. The highest BCUT2D eigenvalue weighted by atomic mass is 16.5. The Hall–Kier alpha value is -1.35. The van der Waals surface area contributed by atoms with Crippen LogP contribution in [0.25, 0.3) is 0 Å². The Kier molecular flexibility index (Phi) is 5.35. The first kappa shape index (κ1) is 14.7. The highest BCUT2D eigenvalue weighted by molar-refractivity contribution is 5.96. The van der Waals surface area contributed by atoms with E-state index in [0.717, 1.165) is 24.2 Å². The van der Waals surface area contributed by atoms with Gasteiger partial charge >= 0.3 is 0 Å². The first-order valence-electron chi connectivity index (χ1n) is 6.36. The van der Waals surface area contributed by atoms with Crippen molar-refractivity contribution in [2.45, 2.75) is 33.1 Å². The Labute approximate surface area is 109 Å². The van der Waals surface area contributed by atoms with E-state index in [2.05, 4.69) is 13.8 Å². The number of Topliss-reactive ketones (excluding diaryl/α,β-unsaturated/α-hetero) is 1. The largest absolute Gasteiger partial charge is 0.497 e. The van der Waals surface area contributed by atoms with E-state index in [4.69, 9.17) is 10.5 Å². The number of benzene rings is 1. The van der Waals surface area contributed by atoms with Gasteiger partial charge in [-0.15, -0.1) is 0 Å². The molecule has 0 aliphatic heterocycles. The second-order valence-electron chi connectivity index (χ2n) is 5.35. The van der Waals surface area contributed by atoms with Crippen LogP contribution in [-0.4, -0.2) is 19.4 Å². The van der Waals surface area contributed by atoms with Crippen LogP contribution in [0.1, 0.15) is 43.5 Å². The number of hydrogen-bond acceptors (Lipinski definition) is 3. The zero-order valence-electron chi connectivity index (χ0n) is 11.5. The topological polar surface area (TPSA) is 52.3 Å². The minimum atomic E-state index is 0.136. The van der Waals surface area contributed by atoms with Gasteiger partial charge in [0.1, 0.15) is 5.75 Å². The lowest BCUT2D eigenvalue weighted by Gasteiger charge is -2.23. The highest BCUT2D eigenvalue weighted by Crippen LogP contribution is 2.27. The van der Waals surface area contributed by atoms with E-state index >= 15 is 0 Å². The first-order chi connectivity index (χ1) is 8.48. The molecule has 0 amide bonds. The van der Waals surface area contributed by atoms with E-state index in [0.29, 0.717) is 13.0 Å². The van der Waals surface area contributed by atoms with Crippen molar-refractivity contribution in [1.82, 2.24) is 0 Å². The number of methoxy groups -OCH3 is 1. The molecular weight excluding hydrogens is 226 g/mol. The van der Waals surface area contributed by atoms with E-state index < -0.39 is 0 Å². The summed E-state index contributed by atoms with van der Waals surface area (Å²) in [4.78, 5) is 12.0.